The number of benzene rings is 3. The van der Waals surface area contributed by atoms with Crippen LogP contribution in [0.5, 0.6) is 0 Å². The smallest absolute Gasteiger partial charge is 0.224 e. The molecule has 0 bridgehead atoms. The van der Waals surface area contributed by atoms with Crippen molar-refractivity contribution in [1.29, 1.82) is 0 Å². The van der Waals surface area contributed by atoms with Crippen LogP contribution < -0.4 is 5.32 Å². The Morgan fingerprint density at radius 2 is 1.59 bits per heavy atom. The molecule has 2 heterocycles. The minimum Gasteiger partial charge on any atom is -0.350 e. The molecule has 140 valence electrons. The maximum absolute atomic E-state index is 4.66. The van der Waals surface area contributed by atoms with Crippen molar-refractivity contribution in [2.24, 2.45) is 0 Å². The topological polar surface area (TPSA) is 55.6 Å². The maximum Gasteiger partial charge on any atom is 0.224 e. The van der Waals surface area contributed by atoms with E-state index in [0.29, 0.717) is 12.5 Å². The Balaban J connectivity index is 1.36. The molecule has 5 aromatic rings. The SMILES string of the molecule is c1ccc(-c2cccc(CNc3nccc(-n4cnc5ccccc54)n3)c2)cc1. The molecule has 0 aliphatic carbocycles. The first-order valence-electron chi connectivity index (χ1n) is 9.50. The van der Waals surface area contributed by atoms with Crippen LogP contribution in [0.2, 0.25) is 0 Å². The molecule has 0 amide bonds. The molecule has 0 atom stereocenters. The molecule has 0 aliphatic heterocycles. The zero-order valence-electron chi connectivity index (χ0n) is 15.7. The Bertz CT molecular complexity index is 1260. The number of anilines is 1. The van der Waals surface area contributed by atoms with Gasteiger partial charge in [-0.15, -0.1) is 0 Å². The molecule has 2 aromatic heterocycles. The van der Waals surface area contributed by atoms with E-state index in [1.54, 1.807) is 12.5 Å². The van der Waals surface area contributed by atoms with Crippen LogP contribution in [-0.4, -0.2) is 19.5 Å². The molecule has 0 fully saturated rings. The summed E-state index contributed by atoms with van der Waals surface area (Å²) in [4.78, 5) is 13.5. The van der Waals surface area contributed by atoms with Gasteiger partial charge in [0.25, 0.3) is 0 Å². The first-order valence-corrected chi connectivity index (χ1v) is 9.50. The molecule has 0 saturated heterocycles. The summed E-state index contributed by atoms with van der Waals surface area (Å²) in [5.74, 6) is 1.37. The summed E-state index contributed by atoms with van der Waals surface area (Å²) < 4.78 is 1.97. The fourth-order valence-corrected chi connectivity index (χ4v) is 3.38. The van der Waals surface area contributed by atoms with Gasteiger partial charge in [0.2, 0.25) is 5.95 Å². The second-order valence-corrected chi connectivity index (χ2v) is 6.76. The number of hydrogen-bond acceptors (Lipinski definition) is 4. The molecular formula is C24H19N5. The fourth-order valence-electron chi connectivity index (χ4n) is 3.38. The number of imidazole rings is 1. The normalized spacial score (nSPS) is 10.9. The number of hydrogen-bond donors (Lipinski definition) is 1. The first kappa shape index (κ1) is 17.1. The van der Waals surface area contributed by atoms with Crippen LogP contribution in [-0.2, 0) is 6.54 Å². The highest BCUT2D eigenvalue weighted by atomic mass is 15.2. The molecule has 29 heavy (non-hydrogen) atoms. The van der Waals surface area contributed by atoms with Gasteiger partial charge < -0.3 is 5.32 Å². The van der Waals surface area contributed by atoms with Gasteiger partial charge in [-0.25, -0.2) is 9.97 Å². The molecule has 3 aromatic carbocycles. The van der Waals surface area contributed by atoms with Gasteiger partial charge in [-0.1, -0.05) is 60.7 Å². The van der Waals surface area contributed by atoms with E-state index in [1.165, 1.54) is 16.7 Å². The molecule has 5 nitrogen and oxygen atoms in total. The zero-order valence-corrected chi connectivity index (χ0v) is 15.7. The fraction of sp³-hybridized carbons (Fsp3) is 0.0417. The van der Waals surface area contributed by atoms with Crippen molar-refractivity contribution in [3.63, 3.8) is 0 Å². The van der Waals surface area contributed by atoms with E-state index < -0.39 is 0 Å². The average molecular weight is 377 g/mol. The molecule has 0 aliphatic rings. The van der Waals surface area contributed by atoms with Crippen LogP contribution in [0.1, 0.15) is 5.56 Å². The molecule has 0 radical (unpaired) electrons. The summed E-state index contributed by atoms with van der Waals surface area (Å²) in [7, 11) is 0. The standard InChI is InChI=1S/C24H19N5/c1-2-8-19(9-3-1)20-10-6-7-18(15-20)16-26-24-25-14-13-23(28-24)29-17-27-21-11-4-5-12-22(21)29/h1-15,17H,16H2,(H,25,26,28). The van der Waals surface area contributed by atoms with E-state index in [1.807, 2.05) is 41.0 Å². The lowest BCUT2D eigenvalue weighted by Gasteiger charge is -2.09. The number of aromatic nitrogens is 4. The summed E-state index contributed by atoms with van der Waals surface area (Å²) >= 11 is 0. The van der Waals surface area contributed by atoms with E-state index in [4.69, 9.17) is 0 Å². The minimum atomic E-state index is 0.588. The van der Waals surface area contributed by atoms with Gasteiger partial charge >= 0.3 is 0 Å². The Labute approximate surface area is 168 Å². The largest absolute Gasteiger partial charge is 0.350 e. The molecule has 5 rings (SSSR count). The van der Waals surface area contributed by atoms with E-state index in [9.17, 15) is 0 Å². The van der Waals surface area contributed by atoms with E-state index >= 15 is 0 Å². The Morgan fingerprint density at radius 3 is 2.52 bits per heavy atom. The average Bonchev–Trinajstić information content (AvgIpc) is 3.23. The van der Waals surface area contributed by atoms with Gasteiger partial charge in [0, 0.05) is 12.7 Å². The number of nitrogens with one attached hydrogen (secondary N) is 1. The number of para-hydroxylation sites is 2. The number of rotatable bonds is 5. The molecule has 1 N–H and O–H groups in total. The first-order chi connectivity index (χ1) is 14.4. The quantitative estimate of drug-likeness (QED) is 0.463. The summed E-state index contributed by atoms with van der Waals surface area (Å²) in [5.41, 5.74) is 5.54. The van der Waals surface area contributed by atoms with Gasteiger partial charge in [-0.2, -0.15) is 4.98 Å². The van der Waals surface area contributed by atoms with Gasteiger partial charge in [0.1, 0.15) is 12.1 Å². The molecule has 5 heteroatoms. The van der Waals surface area contributed by atoms with Crippen LogP contribution in [0.15, 0.2) is 97.5 Å². The van der Waals surface area contributed by atoms with E-state index in [0.717, 1.165) is 16.9 Å². The van der Waals surface area contributed by atoms with E-state index in [-0.39, 0.29) is 0 Å². The highest BCUT2D eigenvalue weighted by molar-refractivity contribution is 5.76. The highest BCUT2D eigenvalue weighted by Crippen LogP contribution is 2.21. The highest BCUT2D eigenvalue weighted by Gasteiger charge is 2.07. The van der Waals surface area contributed by atoms with Crippen LogP contribution in [0.3, 0.4) is 0 Å². The van der Waals surface area contributed by atoms with Gasteiger partial charge in [-0.3, -0.25) is 4.57 Å². The monoisotopic (exact) mass is 377 g/mol. The van der Waals surface area contributed by atoms with Crippen LogP contribution in [0.4, 0.5) is 5.95 Å². The van der Waals surface area contributed by atoms with Gasteiger partial charge in [0.15, 0.2) is 0 Å². The van der Waals surface area contributed by atoms with Crippen molar-refractivity contribution in [2.45, 2.75) is 6.54 Å². The zero-order chi connectivity index (χ0) is 19.5. The second kappa shape index (κ2) is 7.56. The van der Waals surface area contributed by atoms with E-state index in [2.05, 4.69) is 68.8 Å². The van der Waals surface area contributed by atoms with Crippen molar-refractivity contribution < 1.29 is 0 Å². The molecule has 0 spiro atoms. The predicted octanol–water partition coefficient (Wildman–Crippen LogP) is 5.09. The third kappa shape index (κ3) is 3.58. The Hall–Kier alpha value is -3.99. The molecule has 0 saturated carbocycles. The second-order valence-electron chi connectivity index (χ2n) is 6.76. The summed E-state index contributed by atoms with van der Waals surface area (Å²) in [6.07, 6.45) is 3.56. The minimum absolute atomic E-state index is 0.588. The summed E-state index contributed by atoms with van der Waals surface area (Å²) in [6, 6.07) is 28.8. The molecule has 0 unspecified atom stereocenters. The van der Waals surface area contributed by atoms with Crippen molar-refractivity contribution in [3.05, 3.63) is 103 Å². The predicted molar refractivity (Wildman–Crippen MR) is 116 cm³/mol. The third-order valence-corrected chi connectivity index (χ3v) is 4.83. The number of nitrogens with zero attached hydrogens (tertiary/aromatic N) is 4. The summed E-state index contributed by atoms with van der Waals surface area (Å²) in [5, 5.41) is 3.33. The van der Waals surface area contributed by atoms with Gasteiger partial charge in [-0.05, 0) is 41.0 Å². The van der Waals surface area contributed by atoms with Crippen molar-refractivity contribution in [1.82, 2.24) is 19.5 Å². The maximum atomic E-state index is 4.66. The molecular weight excluding hydrogens is 358 g/mol. The van der Waals surface area contributed by atoms with Crippen molar-refractivity contribution >= 4 is 17.0 Å². The Kier molecular flexibility index (Phi) is 4.47. The van der Waals surface area contributed by atoms with Crippen molar-refractivity contribution in [3.8, 4) is 16.9 Å². The summed E-state index contributed by atoms with van der Waals surface area (Å²) in [6.45, 7) is 0.648. The Morgan fingerprint density at radius 1 is 0.759 bits per heavy atom. The lowest BCUT2D eigenvalue weighted by molar-refractivity contribution is 0.976. The number of fused-ring (bicyclic) bond motifs is 1. The lowest BCUT2D eigenvalue weighted by Crippen LogP contribution is -2.06. The van der Waals surface area contributed by atoms with Crippen LogP contribution >= 0.6 is 0 Å². The van der Waals surface area contributed by atoms with Crippen molar-refractivity contribution in [2.75, 3.05) is 5.32 Å². The van der Waals surface area contributed by atoms with Gasteiger partial charge in [0.05, 0.1) is 11.0 Å². The van der Waals surface area contributed by atoms with Crippen LogP contribution in [0, 0.1) is 0 Å². The van der Waals surface area contributed by atoms with Crippen LogP contribution in [0.25, 0.3) is 28.0 Å². The lowest BCUT2D eigenvalue weighted by atomic mass is 10.0. The third-order valence-electron chi connectivity index (χ3n) is 4.83.